The number of sulfonamides is 1. The Kier molecular flexibility index (Phi) is 4.33. The van der Waals surface area contributed by atoms with E-state index >= 15 is 0 Å². The average molecular weight is 332 g/mol. The van der Waals surface area contributed by atoms with Gasteiger partial charge in [-0.1, -0.05) is 11.6 Å². The summed E-state index contributed by atoms with van der Waals surface area (Å²) < 4.78 is 32.3. The number of hydrogen-bond acceptors (Lipinski definition) is 5. The lowest BCUT2D eigenvalue weighted by Crippen LogP contribution is -2.41. The van der Waals surface area contributed by atoms with Crippen LogP contribution in [0.25, 0.3) is 0 Å². The summed E-state index contributed by atoms with van der Waals surface area (Å²) in [5, 5.41) is 0.314. The number of halogens is 1. The first-order valence-electron chi connectivity index (χ1n) is 7.18. The van der Waals surface area contributed by atoms with E-state index in [1.807, 2.05) is 0 Å². The first kappa shape index (κ1) is 15.0. The molecule has 2 aliphatic carbocycles. The molecule has 0 unspecified atom stereocenters. The smallest absolute Gasteiger partial charge is 0.316 e. The molecule has 2 aliphatic rings. The van der Waals surface area contributed by atoms with Crippen molar-refractivity contribution in [1.29, 1.82) is 0 Å². The fourth-order valence-corrected chi connectivity index (χ4v) is 4.26. The van der Waals surface area contributed by atoms with Gasteiger partial charge in [-0.3, -0.25) is 0 Å². The normalized spacial score (nSPS) is 26.5. The van der Waals surface area contributed by atoms with Crippen molar-refractivity contribution in [3.05, 3.63) is 17.4 Å². The minimum Gasteiger partial charge on any atom is -0.460 e. The quantitative estimate of drug-likeness (QED) is 0.891. The van der Waals surface area contributed by atoms with Crippen LogP contribution in [0.1, 0.15) is 38.5 Å². The lowest BCUT2D eigenvalue weighted by molar-refractivity contribution is 0.132. The lowest BCUT2D eigenvalue weighted by Gasteiger charge is -2.28. The second-order valence-electron chi connectivity index (χ2n) is 5.64. The Morgan fingerprint density at radius 1 is 1.10 bits per heavy atom. The van der Waals surface area contributed by atoms with Crippen LogP contribution < -0.4 is 9.46 Å². The van der Waals surface area contributed by atoms with Crippen LogP contribution >= 0.6 is 11.6 Å². The lowest BCUT2D eigenvalue weighted by atomic mass is 9.94. The third-order valence-corrected chi connectivity index (χ3v) is 6.04. The third kappa shape index (κ3) is 4.05. The molecule has 0 radical (unpaired) electrons. The van der Waals surface area contributed by atoms with Crippen molar-refractivity contribution in [2.24, 2.45) is 0 Å². The van der Waals surface area contributed by atoms with Gasteiger partial charge in [-0.15, -0.1) is 0 Å². The Morgan fingerprint density at radius 2 is 1.71 bits per heavy atom. The van der Waals surface area contributed by atoms with Crippen molar-refractivity contribution in [2.45, 2.75) is 55.9 Å². The highest BCUT2D eigenvalue weighted by Crippen LogP contribution is 2.29. The van der Waals surface area contributed by atoms with Gasteiger partial charge in [0.2, 0.25) is 10.0 Å². The molecule has 0 bridgehead atoms. The Morgan fingerprint density at radius 3 is 2.29 bits per heavy atom. The zero-order valence-electron chi connectivity index (χ0n) is 11.5. The molecule has 3 rings (SSSR count). The molecule has 6 nitrogen and oxygen atoms in total. The van der Waals surface area contributed by atoms with Crippen LogP contribution in [-0.2, 0) is 10.0 Å². The van der Waals surface area contributed by atoms with E-state index in [0.717, 1.165) is 38.5 Å². The zero-order chi connectivity index (χ0) is 14.9. The van der Waals surface area contributed by atoms with E-state index in [-0.39, 0.29) is 17.4 Å². The summed E-state index contributed by atoms with van der Waals surface area (Å²) in [5.41, 5.74) is 0. The Bertz CT molecular complexity index is 581. The van der Waals surface area contributed by atoms with Crippen LogP contribution in [0.3, 0.4) is 0 Å². The molecule has 1 aromatic heterocycles. The van der Waals surface area contributed by atoms with E-state index < -0.39 is 10.0 Å². The Labute approximate surface area is 129 Å². The van der Waals surface area contributed by atoms with Gasteiger partial charge < -0.3 is 4.74 Å². The highest BCUT2D eigenvalue weighted by Gasteiger charge is 2.37. The molecule has 21 heavy (non-hydrogen) atoms. The van der Waals surface area contributed by atoms with Crippen LogP contribution in [0, 0.1) is 0 Å². The summed E-state index contributed by atoms with van der Waals surface area (Å²) >= 11 is 5.72. The number of aromatic nitrogens is 2. The second-order valence-corrected chi connectivity index (χ2v) is 8.07. The van der Waals surface area contributed by atoms with Gasteiger partial charge in [0.05, 0.1) is 22.7 Å². The van der Waals surface area contributed by atoms with Gasteiger partial charge in [-0.2, -0.15) is 0 Å². The first-order chi connectivity index (χ1) is 10.0. The second kappa shape index (κ2) is 6.06. The van der Waals surface area contributed by atoms with Gasteiger partial charge in [0.15, 0.2) is 0 Å². The maximum absolute atomic E-state index is 11.9. The van der Waals surface area contributed by atoms with Gasteiger partial charge >= 0.3 is 6.01 Å². The van der Waals surface area contributed by atoms with E-state index in [0.29, 0.717) is 11.0 Å². The minimum atomic E-state index is -3.10. The molecule has 1 aromatic rings. The van der Waals surface area contributed by atoms with Crippen molar-refractivity contribution in [3.63, 3.8) is 0 Å². The SMILES string of the molecule is O=S(=O)(NC1CCC(Oc2ncc(Cl)cn2)CC1)C1CC1. The number of hydrogen-bond donors (Lipinski definition) is 1. The van der Waals surface area contributed by atoms with Crippen LogP contribution in [0.4, 0.5) is 0 Å². The van der Waals surface area contributed by atoms with Gasteiger partial charge in [0, 0.05) is 6.04 Å². The predicted molar refractivity (Wildman–Crippen MR) is 78.8 cm³/mol. The van der Waals surface area contributed by atoms with Crippen LogP contribution in [-0.4, -0.2) is 35.8 Å². The van der Waals surface area contributed by atoms with E-state index in [1.165, 1.54) is 12.4 Å². The summed E-state index contributed by atoms with van der Waals surface area (Å²) in [6.45, 7) is 0. The summed E-state index contributed by atoms with van der Waals surface area (Å²) in [7, 11) is -3.10. The van der Waals surface area contributed by atoms with Crippen LogP contribution in [0.15, 0.2) is 12.4 Å². The van der Waals surface area contributed by atoms with Crippen molar-refractivity contribution in [3.8, 4) is 6.01 Å². The molecule has 0 atom stereocenters. The molecule has 0 amide bonds. The molecule has 1 heterocycles. The van der Waals surface area contributed by atoms with E-state index in [9.17, 15) is 8.42 Å². The highest BCUT2D eigenvalue weighted by molar-refractivity contribution is 7.90. The zero-order valence-corrected chi connectivity index (χ0v) is 13.1. The Hall–Kier alpha value is -0.920. The van der Waals surface area contributed by atoms with E-state index in [2.05, 4.69) is 14.7 Å². The van der Waals surface area contributed by atoms with Crippen molar-refractivity contribution >= 4 is 21.6 Å². The molecular formula is C13H18ClN3O3S. The number of nitrogens with one attached hydrogen (secondary N) is 1. The van der Waals surface area contributed by atoms with Gasteiger partial charge in [0.1, 0.15) is 6.10 Å². The predicted octanol–water partition coefficient (Wildman–Crippen LogP) is 1.90. The van der Waals surface area contributed by atoms with Gasteiger partial charge in [0.25, 0.3) is 0 Å². The standard InChI is InChI=1S/C13H18ClN3O3S/c14-9-7-15-13(16-8-9)20-11-3-1-10(2-4-11)17-21(18,19)12-5-6-12/h7-8,10-12,17H,1-6H2. The molecule has 0 spiro atoms. The molecular weight excluding hydrogens is 314 g/mol. The number of nitrogens with zero attached hydrogens (tertiary/aromatic N) is 2. The van der Waals surface area contributed by atoms with Crippen molar-refractivity contribution in [1.82, 2.24) is 14.7 Å². The maximum Gasteiger partial charge on any atom is 0.316 e. The van der Waals surface area contributed by atoms with E-state index in [4.69, 9.17) is 16.3 Å². The van der Waals surface area contributed by atoms with Crippen LogP contribution in [0.5, 0.6) is 6.01 Å². The topological polar surface area (TPSA) is 81.2 Å². The van der Waals surface area contributed by atoms with Crippen LogP contribution in [0.2, 0.25) is 5.02 Å². The molecule has 1 N–H and O–H groups in total. The summed E-state index contributed by atoms with van der Waals surface area (Å²) in [4.78, 5) is 8.01. The minimum absolute atomic E-state index is 0.0292. The molecule has 116 valence electrons. The molecule has 0 aromatic carbocycles. The fourth-order valence-electron chi connectivity index (χ4n) is 2.52. The number of rotatable bonds is 5. The molecule has 0 aliphatic heterocycles. The molecule has 2 fully saturated rings. The van der Waals surface area contributed by atoms with Crippen molar-refractivity contribution < 1.29 is 13.2 Å². The summed E-state index contributed by atoms with van der Waals surface area (Å²) in [6.07, 6.45) is 7.78. The maximum atomic E-state index is 11.9. The fraction of sp³-hybridized carbons (Fsp3) is 0.692. The van der Waals surface area contributed by atoms with Gasteiger partial charge in [-0.05, 0) is 38.5 Å². The third-order valence-electron chi connectivity index (χ3n) is 3.84. The largest absolute Gasteiger partial charge is 0.460 e. The molecule has 8 heteroatoms. The Balaban J connectivity index is 1.47. The summed E-state index contributed by atoms with van der Waals surface area (Å²) in [5.74, 6) is 0. The highest BCUT2D eigenvalue weighted by atomic mass is 35.5. The first-order valence-corrected chi connectivity index (χ1v) is 9.11. The monoisotopic (exact) mass is 331 g/mol. The molecule has 0 saturated heterocycles. The average Bonchev–Trinajstić information content (AvgIpc) is 3.28. The van der Waals surface area contributed by atoms with Gasteiger partial charge in [-0.25, -0.2) is 23.1 Å². The van der Waals surface area contributed by atoms with Crippen molar-refractivity contribution in [2.75, 3.05) is 0 Å². The number of ether oxygens (including phenoxy) is 1. The summed E-state index contributed by atoms with van der Waals surface area (Å²) in [6, 6.07) is 0.350. The molecule has 2 saturated carbocycles. The van der Waals surface area contributed by atoms with E-state index in [1.54, 1.807) is 0 Å².